The number of nitrogens with one attached hydrogen (secondary N) is 1. The highest BCUT2D eigenvalue weighted by atomic mass is 35.5. The topological polar surface area (TPSA) is 94.0 Å². The summed E-state index contributed by atoms with van der Waals surface area (Å²) in [5.74, 6) is 0.492. The van der Waals surface area contributed by atoms with E-state index < -0.39 is 5.25 Å². The molecule has 0 spiro atoms. The molecule has 0 unspecified atom stereocenters. The van der Waals surface area contributed by atoms with Crippen LogP contribution < -0.4 is 5.32 Å². The Morgan fingerprint density at radius 1 is 1.35 bits per heavy atom. The molecule has 0 aliphatic carbocycles. The maximum absolute atomic E-state index is 12.2. The van der Waals surface area contributed by atoms with E-state index in [0.717, 1.165) is 11.8 Å². The van der Waals surface area contributed by atoms with Crippen LogP contribution in [0.4, 0.5) is 5.69 Å². The lowest BCUT2D eigenvalue weighted by molar-refractivity contribution is -0.115. The number of amides is 1. The number of aromatic nitrogens is 3. The summed E-state index contributed by atoms with van der Waals surface area (Å²) in [6, 6.07) is 6.79. The van der Waals surface area contributed by atoms with E-state index in [1.807, 2.05) is 0 Å². The van der Waals surface area contributed by atoms with Gasteiger partial charge in [0.1, 0.15) is 0 Å². The molecule has 3 aromatic rings. The van der Waals surface area contributed by atoms with Crippen LogP contribution in [-0.4, -0.2) is 26.3 Å². The van der Waals surface area contributed by atoms with Crippen molar-refractivity contribution in [2.45, 2.75) is 17.4 Å². The smallest absolute Gasteiger partial charge is 0.284 e. The highest BCUT2D eigenvalue weighted by molar-refractivity contribution is 8.00. The van der Waals surface area contributed by atoms with Crippen LogP contribution in [0, 0.1) is 0 Å². The van der Waals surface area contributed by atoms with Gasteiger partial charge in [-0.15, -0.1) is 10.2 Å². The van der Waals surface area contributed by atoms with Crippen molar-refractivity contribution < 1.29 is 13.6 Å². The lowest BCUT2D eigenvalue weighted by Gasteiger charge is -2.10. The first-order valence-electron chi connectivity index (χ1n) is 6.59. The van der Waals surface area contributed by atoms with E-state index in [4.69, 9.17) is 20.4 Å². The summed E-state index contributed by atoms with van der Waals surface area (Å²) in [6.07, 6.45) is 3.06. The van der Waals surface area contributed by atoms with Crippen molar-refractivity contribution in [3.63, 3.8) is 0 Å². The summed E-state index contributed by atoms with van der Waals surface area (Å²) >= 11 is 7.05. The Kier molecular flexibility index (Phi) is 4.63. The second-order valence-corrected chi connectivity index (χ2v) is 6.09. The van der Waals surface area contributed by atoms with Crippen molar-refractivity contribution in [1.29, 1.82) is 0 Å². The highest BCUT2D eigenvalue weighted by Gasteiger charge is 2.20. The molecule has 1 atom stereocenters. The Morgan fingerprint density at radius 2 is 2.22 bits per heavy atom. The molecule has 0 saturated heterocycles. The van der Waals surface area contributed by atoms with Crippen LogP contribution in [0.15, 0.2) is 50.8 Å². The van der Waals surface area contributed by atoms with Gasteiger partial charge < -0.3 is 14.2 Å². The number of carbonyl (C=O) groups is 1. The Hall–Kier alpha value is -2.32. The molecule has 9 heteroatoms. The van der Waals surface area contributed by atoms with Crippen LogP contribution in [0.3, 0.4) is 0 Å². The summed E-state index contributed by atoms with van der Waals surface area (Å²) in [7, 11) is 0. The lowest BCUT2D eigenvalue weighted by Crippen LogP contribution is -2.22. The van der Waals surface area contributed by atoms with Crippen LogP contribution >= 0.6 is 23.4 Å². The Bertz CT molecular complexity index is 806. The summed E-state index contributed by atoms with van der Waals surface area (Å²) in [4.78, 5) is 16.1. The third-order valence-electron chi connectivity index (χ3n) is 2.80. The average Bonchev–Trinajstić information content (AvgIpc) is 3.20. The third-order valence-corrected chi connectivity index (χ3v) is 4.04. The molecule has 0 saturated carbocycles. The number of furan rings is 1. The molecule has 0 radical (unpaired) electrons. The van der Waals surface area contributed by atoms with E-state index in [1.54, 1.807) is 37.4 Å². The number of thioether (sulfide) groups is 1. The molecular formula is C14H11ClN4O3S. The SMILES string of the molecule is C[C@H](Sc1nnc(-c2ccco2)o1)C(=O)Nc1cccnc1Cl. The number of hydrogen-bond donors (Lipinski definition) is 1. The van der Waals surface area contributed by atoms with E-state index in [9.17, 15) is 4.79 Å². The van der Waals surface area contributed by atoms with Gasteiger partial charge in [0.15, 0.2) is 10.9 Å². The van der Waals surface area contributed by atoms with Crippen molar-refractivity contribution in [3.05, 3.63) is 41.9 Å². The van der Waals surface area contributed by atoms with Crippen molar-refractivity contribution in [2.24, 2.45) is 0 Å². The quantitative estimate of drug-likeness (QED) is 0.555. The van der Waals surface area contributed by atoms with E-state index in [2.05, 4.69) is 20.5 Å². The summed E-state index contributed by atoms with van der Waals surface area (Å²) in [5.41, 5.74) is 0.452. The molecule has 0 aliphatic heterocycles. The van der Waals surface area contributed by atoms with Gasteiger partial charge >= 0.3 is 0 Å². The Labute approximate surface area is 140 Å². The monoisotopic (exact) mass is 350 g/mol. The molecule has 1 amide bonds. The molecule has 0 aliphatic rings. The Balaban J connectivity index is 1.64. The second kappa shape index (κ2) is 6.84. The fraction of sp³-hybridized carbons (Fsp3) is 0.143. The van der Waals surface area contributed by atoms with Crippen LogP contribution in [0.1, 0.15) is 6.92 Å². The van der Waals surface area contributed by atoms with Gasteiger partial charge in [0, 0.05) is 6.20 Å². The molecule has 0 aromatic carbocycles. The second-order valence-electron chi connectivity index (χ2n) is 4.44. The largest absolute Gasteiger partial charge is 0.459 e. The first-order chi connectivity index (χ1) is 11.1. The molecule has 3 heterocycles. The molecule has 0 fully saturated rings. The first kappa shape index (κ1) is 15.6. The molecule has 118 valence electrons. The van der Waals surface area contributed by atoms with Crippen LogP contribution in [0.2, 0.25) is 5.15 Å². The molecule has 1 N–H and O–H groups in total. The number of anilines is 1. The van der Waals surface area contributed by atoms with E-state index in [0.29, 0.717) is 11.4 Å². The summed E-state index contributed by atoms with van der Waals surface area (Å²) in [6.45, 7) is 1.72. The number of rotatable bonds is 5. The average molecular weight is 351 g/mol. The minimum absolute atomic E-state index is 0.232. The van der Waals surface area contributed by atoms with Gasteiger partial charge in [-0.25, -0.2) is 4.98 Å². The van der Waals surface area contributed by atoms with E-state index in [1.165, 1.54) is 6.26 Å². The standard InChI is InChI=1S/C14H11ClN4O3S/c1-8(12(20)17-9-4-2-6-16-11(9)15)23-14-19-18-13(22-14)10-5-3-7-21-10/h2-8H,1H3,(H,17,20)/t8-/m0/s1. The molecule has 23 heavy (non-hydrogen) atoms. The number of halogens is 1. The maximum Gasteiger partial charge on any atom is 0.284 e. The first-order valence-corrected chi connectivity index (χ1v) is 7.84. The Morgan fingerprint density at radius 3 is 2.96 bits per heavy atom. The maximum atomic E-state index is 12.2. The van der Waals surface area contributed by atoms with E-state index >= 15 is 0 Å². The molecule has 3 rings (SSSR count). The zero-order chi connectivity index (χ0) is 16.2. The minimum Gasteiger partial charge on any atom is -0.459 e. The number of nitrogens with zero attached hydrogens (tertiary/aromatic N) is 3. The van der Waals surface area contributed by atoms with Gasteiger partial charge in [-0.2, -0.15) is 0 Å². The highest BCUT2D eigenvalue weighted by Crippen LogP contribution is 2.27. The number of pyridine rings is 1. The van der Waals surface area contributed by atoms with Gasteiger partial charge in [-0.1, -0.05) is 23.4 Å². The van der Waals surface area contributed by atoms with E-state index in [-0.39, 0.29) is 22.2 Å². The van der Waals surface area contributed by atoms with Gasteiger partial charge in [-0.05, 0) is 31.2 Å². The molecule has 7 nitrogen and oxygen atoms in total. The van der Waals surface area contributed by atoms with Crippen molar-refractivity contribution in [2.75, 3.05) is 5.32 Å². The van der Waals surface area contributed by atoms with Gasteiger partial charge in [0.25, 0.3) is 11.1 Å². The fourth-order valence-corrected chi connectivity index (χ4v) is 2.53. The summed E-state index contributed by atoms with van der Waals surface area (Å²) in [5, 5.41) is 10.5. The fourth-order valence-electron chi connectivity index (χ4n) is 1.68. The summed E-state index contributed by atoms with van der Waals surface area (Å²) < 4.78 is 10.6. The van der Waals surface area contributed by atoms with Crippen molar-refractivity contribution in [1.82, 2.24) is 15.2 Å². The molecule has 0 bridgehead atoms. The number of hydrogen-bond acceptors (Lipinski definition) is 7. The van der Waals surface area contributed by atoms with Gasteiger partial charge in [0.2, 0.25) is 5.91 Å². The number of carbonyl (C=O) groups excluding carboxylic acids is 1. The predicted octanol–water partition coefficient (Wildman–Crippen LogP) is 3.50. The van der Waals surface area contributed by atoms with Crippen LogP contribution in [0.25, 0.3) is 11.7 Å². The normalized spacial score (nSPS) is 12.1. The van der Waals surface area contributed by atoms with Crippen molar-refractivity contribution >= 4 is 35.0 Å². The van der Waals surface area contributed by atoms with Gasteiger partial charge in [-0.3, -0.25) is 4.79 Å². The molecule has 3 aromatic heterocycles. The molecular weight excluding hydrogens is 340 g/mol. The van der Waals surface area contributed by atoms with Crippen molar-refractivity contribution in [3.8, 4) is 11.7 Å². The zero-order valence-electron chi connectivity index (χ0n) is 11.9. The third kappa shape index (κ3) is 3.72. The predicted molar refractivity (Wildman–Crippen MR) is 85.2 cm³/mol. The minimum atomic E-state index is -0.462. The zero-order valence-corrected chi connectivity index (χ0v) is 13.5. The van der Waals surface area contributed by atoms with Gasteiger partial charge in [0.05, 0.1) is 17.2 Å². The van der Waals surface area contributed by atoms with Crippen LogP contribution in [-0.2, 0) is 4.79 Å². The lowest BCUT2D eigenvalue weighted by atomic mass is 10.4. The van der Waals surface area contributed by atoms with Crippen LogP contribution in [0.5, 0.6) is 0 Å².